The van der Waals surface area contributed by atoms with Gasteiger partial charge in [0.05, 0.1) is 12.7 Å². The third kappa shape index (κ3) is 4.60. The van der Waals surface area contributed by atoms with Gasteiger partial charge in [-0.05, 0) is 55.0 Å². The SMILES string of the molecule is COc1cc(-c2cccc(C(=O)C3CCCCOCCC3)c2)cc(C=O)c1O. The number of aldehydes is 1. The van der Waals surface area contributed by atoms with Crippen molar-refractivity contribution in [2.45, 2.75) is 32.1 Å². The van der Waals surface area contributed by atoms with Crippen LogP contribution >= 0.6 is 0 Å². The molecule has 1 saturated heterocycles. The Kier molecular flexibility index (Phi) is 6.82. The Hall–Kier alpha value is -2.66. The predicted molar refractivity (Wildman–Crippen MR) is 107 cm³/mol. The van der Waals surface area contributed by atoms with E-state index in [9.17, 15) is 14.7 Å². The van der Waals surface area contributed by atoms with Gasteiger partial charge in [-0.3, -0.25) is 9.59 Å². The summed E-state index contributed by atoms with van der Waals surface area (Å²) in [5.41, 5.74) is 2.35. The molecule has 1 heterocycles. The summed E-state index contributed by atoms with van der Waals surface area (Å²) in [4.78, 5) is 24.4. The average molecular weight is 382 g/mol. The molecule has 1 N–H and O–H groups in total. The number of aromatic hydroxyl groups is 1. The maximum atomic E-state index is 13.1. The molecule has 1 unspecified atom stereocenters. The highest BCUT2D eigenvalue weighted by molar-refractivity contribution is 5.99. The van der Waals surface area contributed by atoms with Crippen LogP contribution in [0.25, 0.3) is 11.1 Å². The van der Waals surface area contributed by atoms with Crippen molar-refractivity contribution >= 4 is 12.1 Å². The summed E-state index contributed by atoms with van der Waals surface area (Å²) in [6.45, 7) is 1.49. The molecular weight excluding hydrogens is 356 g/mol. The Bertz CT molecular complexity index is 833. The lowest BCUT2D eigenvalue weighted by atomic mass is 9.88. The van der Waals surface area contributed by atoms with Gasteiger partial charge < -0.3 is 14.6 Å². The Labute approximate surface area is 165 Å². The van der Waals surface area contributed by atoms with Gasteiger partial charge in [0.2, 0.25) is 0 Å². The molecule has 2 aromatic carbocycles. The van der Waals surface area contributed by atoms with Crippen molar-refractivity contribution in [3.63, 3.8) is 0 Å². The quantitative estimate of drug-likeness (QED) is 0.601. The number of ketones is 1. The van der Waals surface area contributed by atoms with Crippen LogP contribution in [0.2, 0.25) is 0 Å². The highest BCUT2D eigenvalue weighted by Gasteiger charge is 2.21. The number of hydrogen-bond donors (Lipinski definition) is 1. The van der Waals surface area contributed by atoms with Gasteiger partial charge in [0.15, 0.2) is 23.6 Å². The van der Waals surface area contributed by atoms with Crippen molar-refractivity contribution in [2.75, 3.05) is 20.3 Å². The van der Waals surface area contributed by atoms with Crippen LogP contribution in [0.3, 0.4) is 0 Å². The molecule has 3 rings (SSSR count). The van der Waals surface area contributed by atoms with E-state index in [0.29, 0.717) is 24.0 Å². The first-order valence-corrected chi connectivity index (χ1v) is 9.72. The molecule has 0 saturated carbocycles. The molecule has 0 bridgehead atoms. The Morgan fingerprint density at radius 2 is 1.89 bits per heavy atom. The second kappa shape index (κ2) is 9.51. The minimum atomic E-state index is -0.179. The zero-order valence-electron chi connectivity index (χ0n) is 16.1. The number of hydrogen-bond acceptors (Lipinski definition) is 5. The number of carbonyl (C=O) groups excluding carboxylic acids is 2. The Balaban J connectivity index is 1.89. The number of methoxy groups -OCH3 is 1. The summed E-state index contributed by atoms with van der Waals surface area (Å²) < 4.78 is 10.7. The third-order valence-corrected chi connectivity index (χ3v) is 5.24. The van der Waals surface area contributed by atoms with Crippen molar-refractivity contribution in [1.82, 2.24) is 0 Å². The van der Waals surface area contributed by atoms with Crippen molar-refractivity contribution < 1.29 is 24.2 Å². The van der Waals surface area contributed by atoms with Crippen molar-refractivity contribution in [2.24, 2.45) is 5.92 Å². The molecule has 1 aliphatic heterocycles. The molecule has 1 aliphatic rings. The van der Waals surface area contributed by atoms with E-state index in [1.54, 1.807) is 12.1 Å². The van der Waals surface area contributed by atoms with E-state index in [4.69, 9.17) is 9.47 Å². The summed E-state index contributed by atoms with van der Waals surface area (Å²) in [7, 11) is 1.44. The van der Waals surface area contributed by atoms with Gasteiger partial charge in [0.25, 0.3) is 0 Å². The predicted octanol–water partition coefficient (Wildman–Crippen LogP) is 4.66. The molecule has 0 amide bonds. The molecule has 5 nitrogen and oxygen atoms in total. The molecule has 0 aliphatic carbocycles. The second-order valence-corrected chi connectivity index (χ2v) is 7.13. The first-order chi connectivity index (χ1) is 13.6. The molecule has 1 fully saturated rings. The van der Waals surface area contributed by atoms with Crippen LogP contribution in [-0.2, 0) is 4.74 Å². The molecule has 1 atom stereocenters. The molecule has 28 heavy (non-hydrogen) atoms. The maximum absolute atomic E-state index is 13.1. The van der Waals surface area contributed by atoms with E-state index < -0.39 is 0 Å². The molecule has 5 heteroatoms. The smallest absolute Gasteiger partial charge is 0.168 e. The Morgan fingerprint density at radius 3 is 2.68 bits per heavy atom. The van der Waals surface area contributed by atoms with Crippen molar-refractivity contribution in [3.8, 4) is 22.6 Å². The third-order valence-electron chi connectivity index (χ3n) is 5.24. The average Bonchev–Trinajstić information content (AvgIpc) is 2.87. The van der Waals surface area contributed by atoms with Gasteiger partial charge >= 0.3 is 0 Å². The summed E-state index contributed by atoms with van der Waals surface area (Å²) in [6, 6.07) is 10.7. The van der Waals surface area contributed by atoms with Crippen molar-refractivity contribution in [3.05, 3.63) is 47.5 Å². The minimum Gasteiger partial charge on any atom is -0.504 e. The monoisotopic (exact) mass is 382 g/mol. The topological polar surface area (TPSA) is 72.8 Å². The minimum absolute atomic E-state index is 0.0110. The number of carbonyl (C=O) groups is 2. The molecular formula is C23H26O5. The highest BCUT2D eigenvalue weighted by atomic mass is 16.5. The second-order valence-electron chi connectivity index (χ2n) is 7.13. The normalized spacial score (nSPS) is 17.8. The van der Waals surface area contributed by atoms with Gasteiger partial charge in [0.1, 0.15) is 0 Å². The van der Waals surface area contributed by atoms with E-state index in [0.717, 1.165) is 44.3 Å². The lowest BCUT2D eigenvalue weighted by Crippen LogP contribution is -2.15. The van der Waals surface area contributed by atoms with E-state index in [1.165, 1.54) is 7.11 Å². The summed E-state index contributed by atoms with van der Waals surface area (Å²) in [5, 5.41) is 10.0. The van der Waals surface area contributed by atoms with E-state index in [2.05, 4.69) is 0 Å². The molecule has 2 aromatic rings. The standard InChI is InChI=1S/C23H26O5/c1-27-21-14-19(13-20(15-24)23(21)26)17-7-4-8-18(12-17)22(25)16-6-2-3-10-28-11-5-9-16/h4,7-8,12-16,26H,2-3,5-6,9-11H2,1H3. The number of Topliss-reactive ketones (excluding diaryl/α,β-unsaturated/α-hetero) is 1. The van der Waals surface area contributed by atoms with E-state index in [-0.39, 0.29) is 28.8 Å². The van der Waals surface area contributed by atoms with Gasteiger partial charge in [-0.15, -0.1) is 0 Å². The fraction of sp³-hybridized carbons (Fsp3) is 0.391. The van der Waals surface area contributed by atoms with Gasteiger partial charge in [-0.2, -0.15) is 0 Å². The number of rotatable bonds is 5. The first kappa shape index (κ1) is 20.1. The largest absolute Gasteiger partial charge is 0.504 e. The summed E-state index contributed by atoms with van der Waals surface area (Å²) in [6.07, 6.45) is 5.20. The summed E-state index contributed by atoms with van der Waals surface area (Å²) in [5.74, 6) is 0.218. The van der Waals surface area contributed by atoms with Crippen LogP contribution in [-0.4, -0.2) is 37.5 Å². The maximum Gasteiger partial charge on any atom is 0.168 e. The van der Waals surface area contributed by atoms with Gasteiger partial charge in [-0.25, -0.2) is 0 Å². The van der Waals surface area contributed by atoms with Crippen LogP contribution in [0.4, 0.5) is 0 Å². The van der Waals surface area contributed by atoms with Crippen LogP contribution in [0.1, 0.15) is 52.8 Å². The van der Waals surface area contributed by atoms with Gasteiger partial charge in [-0.1, -0.05) is 24.6 Å². The van der Waals surface area contributed by atoms with Crippen molar-refractivity contribution in [1.29, 1.82) is 0 Å². The number of phenols is 1. The lowest BCUT2D eigenvalue weighted by molar-refractivity contribution is 0.0899. The van der Waals surface area contributed by atoms with Crippen LogP contribution in [0.5, 0.6) is 11.5 Å². The molecule has 0 spiro atoms. The Morgan fingerprint density at radius 1 is 1.11 bits per heavy atom. The zero-order valence-corrected chi connectivity index (χ0v) is 16.1. The number of ether oxygens (including phenoxy) is 2. The number of phenolic OH excluding ortho intramolecular Hbond substituents is 1. The highest BCUT2D eigenvalue weighted by Crippen LogP contribution is 2.35. The van der Waals surface area contributed by atoms with Crippen LogP contribution in [0.15, 0.2) is 36.4 Å². The van der Waals surface area contributed by atoms with E-state index >= 15 is 0 Å². The fourth-order valence-electron chi connectivity index (χ4n) is 3.66. The lowest BCUT2D eigenvalue weighted by Gasteiger charge is -2.15. The van der Waals surface area contributed by atoms with Crippen LogP contribution in [0, 0.1) is 5.92 Å². The van der Waals surface area contributed by atoms with Crippen LogP contribution < -0.4 is 4.74 Å². The molecule has 0 aromatic heterocycles. The van der Waals surface area contributed by atoms with Gasteiger partial charge in [0, 0.05) is 24.7 Å². The zero-order chi connectivity index (χ0) is 19.9. The summed E-state index contributed by atoms with van der Waals surface area (Å²) >= 11 is 0. The van der Waals surface area contributed by atoms with E-state index in [1.807, 2.05) is 24.3 Å². The molecule has 148 valence electrons. The fourth-order valence-corrected chi connectivity index (χ4v) is 3.66. The molecule has 0 radical (unpaired) electrons. The number of benzene rings is 2. The first-order valence-electron chi connectivity index (χ1n) is 9.72.